The van der Waals surface area contributed by atoms with Crippen LogP contribution >= 0.6 is 11.3 Å². The van der Waals surface area contributed by atoms with Crippen molar-refractivity contribution < 1.29 is 23.2 Å². The van der Waals surface area contributed by atoms with E-state index < -0.39 is 32.5 Å². The van der Waals surface area contributed by atoms with Crippen LogP contribution in [0.5, 0.6) is 0 Å². The fourth-order valence-electron chi connectivity index (χ4n) is 1.63. The van der Waals surface area contributed by atoms with E-state index in [0.29, 0.717) is 11.3 Å². The molecule has 0 amide bonds. The fraction of sp³-hybridized carbons (Fsp3) is 0.545. The monoisotopic (exact) mass is 336 g/mol. The minimum Gasteiger partial charge on any atom is -0.480 e. The quantitative estimate of drug-likeness (QED) is 0.575. The minimum atomic E-state index is -3.59. The van der Waals surface area contributed by atoms with Crippen molar-refractivity contribution in [1.82, 2.24) is 0 Å². The highest BCUT2D eigenvalue weighted by Gasteiger charge is 2.27. The summed E-state index contributed by atoms with van der Waals surface area (Å²) in [4.78, 5) is 21.4. The number of carbonyl (C=O) groups is 1. The number of carboxylic acids is 1. The van der Waals surface area contributed by atoms with Crippen molar-refractivity contribution in [2.24, 2.45) is 5.92 Å². The highest BCUT2D eigenvalue weighted by atomic mass is 32.2. The third-order valence-electron chi connectivity index (χ3n) is 2.56. The Bertz CT molecular complexity index is 650. The van der Waals surface area contributed by atoms with Crippen molar-refractivity contribution >= 4 is 37.8 Å². The molecule has 118 valence electrons. The Hall–Kier alpha value is -1.68. The van der Waals surface area contributed by atoms with Crippen molar-refractivity contribution in [3.8, 4) is 0 Å². The van der Waals surface area contributed by atoms with Gasteiger partial charge in [0.15, 0.2) is 14.8 Å². The summed E-state index contributed by atoms with van der Waals surface area (Å²) in [5.74, 6) is -1.08. The SMILES string of the molecule is CC(C)C[C@H](Nc1sc(S(C)(=O)=O)cc1[N+](=O)[O-])C(=O)O. The second-order valence-electron chi connectivity index (χ2n) is 4.97. The predicted molar refractivity (Wildman–Crippen MR) is 78.6 cm³/mol. The minimum absolute atomic E-state index is 0.0616. The molecule has 21 heavy (non-hydrogen) atoms. The molecule has 0 fully saturated rings. The second-order valence-corrected chi connectivity index (χ2v) is 8.27. The van der Waals surface area contributed by atoms with Gasteiger partial charge in [-0.1, -0.05) is 25.2 Å². The number of hydrogen-bond acceptors (Lipinski definition) is 7. The number of rotatable bonds is 7. The third kappa shape index (κ3) is 4.67. The van der Waals surface area contributed by atoms with Crippen molar-refractivity contribution in [3.05, 3.63) is 16.2 Å². The Kier molecular flexibility index (Phi) is 5.29. The average Bonchev–Trinajstić information content (AvgIpc) is 2.71. The lowest BCUT2D eigenvalue weighted by molar-refractivity contribution is -0.383. The molecule has 0 aliphatic heterocycles. The molecule has 8 nitrogen and oxygen atoms in total. The summed E-state index contributed by atoms with van der Waals surface area (Å²) in [6.45, 7) is 3.64. The first-order chi connectivity index (χ1) is 9.52. The van der Waals surface area contributed by atoms with Gasteiger partial charge in [0.05, 0.1) is 4.92 Å². The van der Waals surface area contributed by atoms with Crippen LogP contribution in [0.25, 0.3) is 0 Å². The van der Waals surface area contributed by atoms with Crippen LogP contribution in [0.3, 0.4) is 0 Å². The first-order valence-corrected chi connectivity index (χ1v) is 8.70. The Balaban J connectivity index is 3.19. The maximum Gasteiger partial charge on any atom is 0.326 e. The molecule has 0 saturated heterocycles. The smallest absolute Gasteiger partial charge is 0.326 e. The molecule has 2 N–H and O–H groups in total. The van der Waals surface area contributed by atoms with E-state index in [1.165, 1.54) is 0 Å². The number of nitrogens with one attached hydrogen (secondary N) is 1. The molecule has 0 aromatic carbocycles. The van der Waals surface area contributed by atoms with E-state index in [-0.39, 0.29) is 21.5 Å². The summed E-state index contributed by atoms with van der Waals surface area (Å²) in [6.07, 6.45) is 1.20. The van der Waals surface area contributed by atoms with Gasteiger partial charge >= 0.3 is 11.7 Å². The standard InChI is InChI=1S/C11H16N2O6S2/c1-6(2)4-7(11(14)15)12-10-8(13(16)17)5-9(20-10)21(3,18)19/h5-7,12H,4H2,1-3H3,(H,14,15)/t7-/m0/s1. The van der Waals surface area contributed by atoms with Crippen LogP contribution in [0.15, 0.2) is 10.3 Å². The van der Waals surface area contributed by atoms with E-state index >= 15 is 0 Å². The number of aliphatic carboxylic acids is 1. The average molecular weight is 336 g/mol. The van der Waals surface area contributed by atoms with E-state index in [0.717, 1.165) is 12.3 Å². The van der Waals surface area contributed by atoms with Crippen LogP contribution in [-0.2, 0) is 14.6 Å². The largest absolute Gasteiger partial charge is 0.480 e. The summed E-state index contributed by atoms with van der Waals surface area (Å²) in [5.41, 5.74) is -0.435. The number of carboxylic acid groups (broad SMARTS) is 1. The summed E-state index contributed by atoms with van der Waals surface area (Å²) in [5, 5.41) is 22.6. The number of nitrogens with zero attached hydrogens (tertiary/aromatic N) is 1. The van der Waals surface area contributed by atoms with E-state index in [1.54, 1.807) is 0 Å². The highest BCUT2D eigenvalue weighted by Crippen LogP contribution is 2.37. The topological polar surface area (TPSA) is 127 Å². The molecule has 1 aromatic heterocycles. The lowest BCUT2D eigenvalue weighted by atomic mass is 10.0. The maximum atomic E-state index is 11.5. The summed E-state index contributed by atoms with van der Waals surface area (Å²) in [7, 11) is -3.59. The second kappa shape index (κ2) is 6.39. The fourth-order valence-corrected chi connectivity index (χ4v) is 3.62. The molecule has 0 unspecified atom stereocenters. The van der Waals surface area contributed by atoms with Gasteiger partial charge < -0.3 is 10.4 Å². The van der Waals surface area contributed by atoms with Crippen molar-refractivity contribution in [2.45, 2.75) is 30.5 Å². The first-order valence-electron chi connectivity index (χ1n) is 6.00. The van der Waals surface area contributed by atoms with E-state index in [4.69, 9.17) is 5.11 Å². The Morgan fingerprint density at radius 3 is 2.48 bits per heavy atom. The van der Waals surface area contributed by atoms with Gasteiger partial charge in [-0.05, 0) is 12.3 Å². The van der Waals surface area contributed by atoms with Gasteiger partial charge in [0.2, 0.25) is 0 Å². The Morgan fingerprint density at radius 1 is 1.52 bits per heavy atom. The van der Waals surface area contributed by atoms with Crippen LogP contribution < -0.4 is 5.32 Å². The van der Waals surface area contributed by atoms with Crippen LogP contribution in [0.2, 0.25) is 0 Å². The molecular formula is C11H16N2O6S2. The summed E-state index contributed by atoms with van der Waals surface area (Å²) in [6, 6.07) is -0.0777. The van der Waals surface area contributed by atoms with Gasteiger partial charge in [0.25, 0.3) is 0 Å². The lowest BCUT2D eigenvalue weighted by Crippen LogP contribution is -2.30. The number of sulfone groups is 1. The van der Waals surface area contributed by atoms with E-state index in [9.17, 15) is 23.3 Å². The molecule has 0 aliphatic rings. The first kappa shape index (κ1) is 17.4. The molecule has 0 spiro atoms. The lowest BCUT2D eigenvalue weighted by Gasteiger charge is -2.15. The molecule has 1 heterocycles. The summed E-state index contributed by atoms with van der Waals surface area (Å²) >= 11 is 0.664. The molecule has 0 bridgehead atoms. The van der Waals surface area contributed by atoms with Gasteiger partial charge in [0.1, 0.15) is 10.3 Å². The van der Waals surface area contributed by atoms with Crippen molar-refractivity contribution in [1.29, 1.82) is 0 Å². The molecule has 1 aromatic rings. The molecule has 1 rings (SSSR count). The van der Waals surface area contributed by atoms with Crippen molar-refractivity contribution in [3.63, 3.8) is 0 Å². The zero-order chi connectivity index (χ0) is 16.4. The van der Waals surface area contributed by atoms with Crippen LogP contribution in [0.4, 0.5) is 10.7 Å². The molecule has 0 radical (unpaired) electrons. The van der Waals surface area contributed by atoms with Crippen LogP contribution in [-0.4, -0.2) is 36.7 Å². The molecule has 0 aliphatic carbocycles. The van der Waals surface area contributed by atoms with Crippen LogP contribution in [0, 0.1) is 16.0 Å². The van der Waals surface area contributed by atoms with Gasteiger partial charge in [-0.2, -0.15) is 0 Å². The molecule has 0 saturated carbocycles. The molecule has 10 heteroatoms. The zero-order valence-electron chi connectivity index (χ0n) is 11.7. The highest BCUT2D eigenvalue weighted by molar-refractivity contribution is 7.92. The van der Waals surface area contributed by atoms with E-state index in [1.807, 2.05) is 13.8 Å². The number of thiophene rings is 1. The van der Waals surface area contributed by atoms with Gasteiger partial charge in [-0.3, -0.25) is 10.1 Å². The number of hydrogen-bond donors (Lipinski definition) is 2. The number of anilines is 1. The van der Waals surface area contributed by atoms with Gasteiger partial charge in [-0.15, -0.1) is 0 Å². The molecular weight excluding hydrogens is 320 g/mol. The van der Waals surface area contributed by atoms with Crippen LogP contribution in [0.1, 0.15) is 20.3 Å². The van der Waals surface area contributed by atoms with Gasteiger partial charge in [0, 0.05) is 12.3 Å². The predicted octanol–water partition coefficient (Wildman–Crippen LogP) is 1.97. The van der Waals surface area contributed by atoms with Gasteiger partial charge in [-0.25, -0.2) is 13.2 Å². The Morgan fingerprint density at radius 2 is 2.10 bits per heavy atom. The van der Waals surface area contributed by atoms with Crippen molar-refractivity contribution in [2.75, 3.05) is 11.6 Å². The Labute approximate surface area is 125 Å². The third-order valence-corrected chi connectivity index (χ3v) is 5.42. The van der Waals surface area contributed by atoms with E-state index in [2.05, 4.69) is 5.32 Å². The normalized spacial score (nSPS) is 13.1. The maximum absolute atomic E-state index is 11.5. The number of nitro groups is 1. The zero-order valence-corrected chi connectivity index (χ0v) is 13.3. The molecule has 1 atom stereocenters. The summed E-state index contributed by atoms with van der Waals surface area (Å²) < 4.78 is 22.7.